The van der Waals surface area contributed by atoms with Crippen LogP contribution in [0, 0.1) is 13.8 Å². The molecule has 4 rings (SSSR count). The first-order valence-electron chi connectivity index (χ1n) is 9.83. The second kappa shape index (κ2) is 7.13. The Bertz CT molecular complexity index is 1120. The zero-order valence-electron chi connectivity index (χ0n) is 16.9. The number of fused-ring (bicyclic) bond motifs is 1. The molecule has 1 aliphatic carbocycles. The molecule has 0 amide bonds. The van der Waals surface area contributed by atoms with E-state index in [1.165, 1.54) is 33.4 Å². The van der Waals surface area contributed by atoms with E-state index in [0.717, 1.165) is 22.3 Å². The average Bonchev–Trinajstić information content (AvgIpc) is 3.07. The van der Waals surface area contributed by atoms with E-state index in [4.69, 9.17) is 0 Å². The third-order valence-electron chi connectivity index (χ3n) is 5.86. The van der Waals surface area contributed by atoms with Gasteiger partial charge in [-0.25, -0.2) is 0 Å². The van der Waals surface area contributed by atoms with Gasteiger partial charge in [0.15, 0.2) is 0 Å². The van der Waals surface area contributed by atoms with Gasteiger partial charge in [-0.2, -0.15) is 0 Å². The highest BCUT2D eigenvalue weighted by atomic mass is 14.2. The molecule has 0 heteroatoms. The van der Waals surface area contributed by atoms with Crippen molar-refractivity contribution in [2.75, 3.05) is 0 Å². The third kappa shape index (κ3) is 3.16. The monoisotopic (exact) mass is 362 g/mol. The summed E-state index contributed by atoms with van der Waals surface area (Å²) in [6.07, 6.45) is 4.46. The van der Waals surface area contributed by atoms with Gasteiger partial charge in [-0.1, -0.05) is 86.8 Å². The van der Waals surface area contributed by atoms with Gasteiger partial charge in [0, 0.05) is 0 Å². The largest absolute Gasteiger partial charge is 0.0906 e. The van der Waals surface area contributed by atoms with Crippen LogP contribution in [0.4, 0.5) is 0 Å². The van der Waals surface area contributed by atoms with E-state index in [1.54, 1.807) is 0 Å². The van der Waals surface area contributed by atoms with Crippen molar-refractivity contribution in [2.45, 2.75) is 26.7 Å². The van der Waals surface area contributed by atoms with Crippen molar-refractivity contribution in [2.24, 2.45) is 0 Å². The van der Waals surface area contributed by atoms with Gasteiger partial charge in [-0.3, -0.25) is 0 Å². The molecular weight excluding hydrogens is 336 g/mol. The summed E-state index contributed by atoms with van der Waals surface area (Å²) in [5.74, 6) is 0.497. The Morgan fingerprint density at radius 2 is 1.61 bits per heavy atom. The molecule has 0 saturated heterocycles. The Morgan fingerprint density at radius 1 is 0.821 bits per heavy atom. The van der Waals surface area contributed by atoms with Crippen molar-refractivity contribution < 1.29 is 0 Å². The summed E-state index contributed by atoms with van der Waals surface area (Å²) in [6.45, 7) is 15.3. The summed E-state index contributed by atoms with van der Waals surface area (Å²) in [5.41, 5.74) is 12.0. The molecule has 0 saturated carbocycles. The first kappa shape index (κ1) is 18.3. The van der Waals surface area contributed by atoms with Crippen LogP contribution in [-0.2, 0) is 0 Å². The van der Waals surface area contributed by atoms with Gasteiger partial charge in [-0.15, -0.1) is 0 Å². The van der Waals surface area contributed by atoms with Crippen LogP contribution in [0.3, 0.4) is 0 Å². The molecule has 0 N–H and O–H groups in total. The van der Waals surface area contributed by atoms with Gasteiger partial charge >= 0.3 is 0 Å². The zero-order valence-corrected chi connectivity index (χ0v) is 16.9. The van der Waals surface area contributed by atoms with Gasteiger partial charge in [0.2, 0.25) is 0 Å². The van der Waals surface area contributed by atoms with Crippen molar-refractivity contribution in [3.05, 3.63) is 113 Å². The van der Waals surface area contributed by atoms with Crippen LogP contribution in [0.15, 0.2) is 79.9 Å². The van der Waals surface area contributed by atoms with Crippen LogP contribution in [-0.4, -0.2) is 0 Å². The molecule has 0 nitrogen and oxygen atoms in total. The van der Waals surface area contributed by atoms with Crippen molar-refractivity contribution in [1.82, 2.24) is 0 Å². The molecule has 1 aliphatic rings. The summed E-state index contributed by atoms with van der Waals surface area (Å²) in [6, 6.07) is 21.8. The van der Waals surface area contributed by atoms with Gasteiger partial charge in [0.25, 0.3) is 0 Å². The number of aryl methyl sites for hydroxylation is 2. The third-order valence-corrected chi connectivity index (χ3v) is 5.86. The highest BCUT2D eigenvalue weighted by Crippen LogP contribution is 2.36. The molecule has 0 aliphatic heterocycles. The summed E-state index contributed by atoms with van der Waals surface area (Å²) in [7, 11) is 0. The summed E-state index contributed by atoms with van der Waals surface area (Å²) < 4.78 is 0. The molecule has 0 heterocycles. The Kier molecular flexibility index (Phi) is 4.65. The molecule has 0 radical (unpaired) electrons. The lowest BCUT2D eigenvalue weighted by Crippen LogP contribution is -1.94. The van der Waals surface area contributed by atoms with Crippen molar-refractivity contribution >= 4 is 17.2 Å². The van der Waals surface area contributed by atoms with E-state index in [2.05, 4.69) is 107 Å². The minimum atomic E-state index is 0.497. The van der Waals surface area contributed by atoms with Gasteiger partial charge in [-0.05, 0) is 81.5 Å². The van der Waals surface area contributed by atoms with Crippen LogP contribution in [0.25, 0.3) is 28.3 Å². The fourth-order valence-corrected chi connectivity index (χ4v) is 4.08. The molecule has 1 atom stereocenters. The highest BCUT2D eigenvalue weighted by Gasteiger charge is 2.15. The maximum Gasteiger partial charge on any atom is -0.000117 e. The van der Waals surface area contributed by atoms with E-state index in [9.17, 15) is 0 Å². The van der Waals surface area contributed by atoms with Crippen molar-refractivity contribution in [1.29, 1.82) is 0 Å². The molecular formula is C28H26. The van der Waals surface area contributed by atoms with E-state index >= 15 is 0 Å². The zero-order chi connectivity index (χ0) is 19.8. The van der Waals surface area contributed by atoms with Gasteiger partial charge in [0.1, 0.15) is 0 Å². The molecule has 0 fully saturated rings. The summed E-state index contributed by atoms with van der Waals surface area (Å²) >= 11 is 0. The van der Waals surface area contributed by atoms with E-state index in [1.807, 2.05) is 0 Å². The number of hydrogen-bond acceptors (Lipinski definition) is 0. The Balaban J connectivity index is 1.64. The normalized spacial score (nSPS) is 14.8. The SMILES string of the molecule is C=C(C(=C)c1ccc(-c2ccccc2C)cc1C)c1ccc2c(c1)C=CC2C. The van der Waals surface area contributed by atoms with Crippen molar-refractivity contribution in [3.63, 3.8) is 0 Å². The standard InChI is InChI=1S/C28H26/c1-18-8-6-7-9-27(18)24-13-14-26(20(3)16-24)22(5)21(4)23-12-15-28-19(2)10-11-25(28)17-23/h6-17,19H,4-5H2,1-3H3. The second-order valence-electron chi connectivity index (χ2n) is 7.79. The number of benzene rings is 3. The Labute approximate surface area is 168 Å². The molecule has 138 valence electrons. The maximum atomic E-state index is 4.37. The van der Waals surface area contributed by atoms with E-state index in [-0.39, 0.29) is 0 Å². The molecule has 1 unspecified atom stereocenters. The number of rotatable bonds is 4. The fourth-order valence-electron chi connectivity index (χ4n) is 4.08. The average molecular weight is 363 g/mol. The van der Waals surface area contributed by atoms with Gasteiger partial charge < -0.3 is 0 Å². The van der Waals surface area contributed by atoms with Gasteiger partial charge in [0.05, 0.1) is 0 Å². The molecule has 3 aromatic carbocycles. The predicted octanol–water partition coefficient (Wildman–Crippen LogP) is 7.83. The summed E-state index contributed by atoms with van der Waals surface area (Å²) in [5, 5.41) is 0. The summed E-state index contributed by atoms with van der Waals surface area (Å²) in [4.78, 5) is 0. The van der Waals surface area contributed by atoms with E-state index in [0.29, 0.717) is 5.92 Å². The smallest absolute Gasteiger partial charge is 0.000117 e. The molecule has 3 aromatic rings. The van der Waals surface area contributed by atoms with Crippen LogP contribution < -0.4 is 0 Å². The topological polar surface area (TPSA) is 0 Å². The van der Waals surface area contributed by atoms with Crippen LogP contribution in [0.5, 0.6) is 0 Å². The Hall–Kier alpha value is -3.12. The molecule has 0 bridgehead atoms. The number of allylic oxidation sites excluding steroid dienone is 3. The second-order valence-corrected chi connectivity index (χ2v) is 7.79. The quantitative estimate of drug-likeness (QED) is 0.415. The van der Waals surface area contributed by atoms with Crippen LogP contribution >= 0.6 is 0 Å². The highest BCUT2D eigenvalue weighted by molar-refractivity contribution is 6.04. The van der Waals surface area contributed by atoms with E-state index < -0.39 is 0 Å². The lowest BCUT2D eigenvalue weighted by Gasteiger charge is -2.16. The minimum absolute atomic E-state index is 0.497. The molecule has 0 aromatic heterocycles. The van der Waals surface area contributed by atoms with Crippen molar-refractivity contribution in [3.8, 4) is 11.1 Å². The number of hydrogen-bond donors (Lipinski definition) is 0. The fraction of sp³-hybridized carbons (Fsp3) is 0.143. The maximum absolute atomic E-state index is 4.37. The molecule has 0 spiro atoms. The van der Waals surface area contributed by atoms with Crippen LogP contribution in [0.2, 0.25) is 0 Å². The Morgan fingerprint density at radius 3 is 2.36 bits per heavy atom. The van der Waals surface area contributed by atoms with Crippen LogP contribution in [0.1, 0.15) is 46.2 Å². The minimum Gasteiger partial charge on any atom is -0.0906 e. The lowest BCUT2D eigenvalue weighted by atomic mass is 9.88. The first-order valence-corrected chi connectivity index (χ1v) is 9.83. The molecule has 28 heavy (non-hydrogen) atoms. The predicted molar refractivity (Wildman–Crippen MR) is 123 cm³/mol. The lowest BCUT2D eigenvalue weighted by molar-refractivity contribution is 0.990. The first-order chi connectivity index (χ1) is 13.5.